The van der Waals surface area contributed by atoms with Crippen molar-refractivity contribution < 1.29 is 34.3 Å². The summed E-state index contributed by atoms with van der Waals surface area (Å²) in [6, 6.07) is 10.4. The fourth-order valence-electron chi connectivity index (χ4n) is 4.37. The Labute approximate surface area is 189 Å². The Balaban J connectivity index is 1.38. The Morgan fingerprint density at radius 1 is 1.19 bits per heavy atom. The Morgan fingerprint density at radius 3 is 2.66 bits per heavy atom. The minimum absolute atomic E-state index is 0.124. The number of fused-ring (bicyclic) bond motifs is 1. The first kappa shape index (κ1) is 25.1. The second kappa shape index (κ2) is 11.0. The molecule has 0 spiro atoms. The number of benzene rings is 1. The largest absolute Gasteiger partial charge is 0.393 e. The van der Waals surface area contributed by atoms with Gasteiger partial charge in [0.2, 0.25) is 5.91 Å². The van der Waals surface area contributed by atoms with E-state index in [1.54, 1.807) is 13.8 Å². The van der Waals surface area contributed by atoms with E-state index in [2.05, 4.69) is 17.4 Å². The first-order chi connectivity index (χ1) is 15.2. The van der Waals surface area contributed by atoms with Gasteiger partial charge in [-0.2, -0.15) is 0 Å². The average molecular weight is 452 g/mol. The molecule has 1 aromatic carbocycles. The summed E-state index contributed by atoms with van der Waals surface area (Å²) in [7, 11) is 0. The number of unbranched alkanes of at least 4 members (excludes halogenated alkanes) is 3. The van der Waals surface area contributed by atoms with Gasteiger partial charge in [0.05, 0.1) is 19.1 Å². The summed E-state index contributed by atoms with van der Waals surface area (Å²) in [5.74, 6) is -1.45. The van der Waals surface area contributed by atoms with Crippen molar-refractivity contribution in [2.75, 3.05) is 6.61 Å². The molecule has 8 heteroatoms. The van der Waals surface area contributed by atoms with Crippen LogP contribution in [0.5, 0.6) is 0 Å². The Hall–Kier alpha value is -1.55. The molecule has 32 heavy (non-hydrogen) atoms. The molecule has 5 atom stereocenters. The van der Waals surface area contributed by atoms with Crippen molar-refractivity contribution in [1.29, 1.82) is 0 Å². The van der Waals surface area contributed by atoms with E-state index in [1.807, 2.05) is 18.2 Å². The maximum absolute atomic E-state index is 12.5. The number of ether oxygens (including phenoxy) is 3. The van der Waals surface area contributed by atoms with Gasteiger partial charge in [0, 0.05) is 6.42 Å². The van der Waals surface area contributed by atoms with Crippen molar-refractivity contribution in [2.24, 2.45) is 0 Å². The molecule has 2 saturated heterocycles. The van der Waals surface area contributed by atoms with E-state index in [0.717, 1.165) is 32.1 Å². The summed E-state index contributed by atoms with van der Waals surface area (Å²) in [6.45, 7) is 3.54. The molecule has 2 aliphatic rings. The highest BCUT2D eigenvalue weighted by Crippen LogP contribution is 2.36. The van der Waals surface area contributed by atoms with E-state index < -0.39 is 42.0 Å². The zero-order valence-corrected chi connectivity index (χ0v) is 19.0. The maximum atomic E-state index is 12.5. The molecule has 0 saturated carbocycles. The Kier molecular flexibility index (Phi) is 8.66. The van der Waals surface area contributed by atoms with Crippen LogP contribution in [0.1, 0.15) is 64.4 Å². The number of aliphatic hydroxyl groups is 3. The van der Waals surface area contributed by atoms with Crippen molar-refractivity contribution in [1.82, 2.24) is 5.32 Å². The van der Waals surface area contributed by atoms with Crippen LogP contribution in [-0.2, 0) is 25.4 Å². The normalized spacial score (nSPS) is 30.3. The van der Waals surface area contributed by atoms with Gasteiger partial charge in [-0.3, -0.25) is 4.79 Å². The van der Waals surface area contributed by atoms with Crippen molar-refractivity contribution in [2.45, 2.75) is 101 Å². The number of amides is 1. The lowest BCUT2D eigenvalue weighted by molar-refractivity contribution is -0.381. The fraction of sp³-hybridized carbons (Fsp3) is 0.708. The van der Waals surface area contributed by atoms with Gasteiger partial charge in [0.1, 0.15) is 12.2 Å². The van der Waals surface area contributed by atoms with E-state index in [0.29, 0.717) is 6.42 Å². The number of carbonyl (C=O) groups is 1. The molecule has 0 unspecified atom stereocenters. The predicted octanol–water partition coefficient (Wildman–Crippen LogP) is 1.99. The highest BCUT2D eigenvalue weighted by molar-refractivity contribution is 5.77. The quantitative estimate of drug-likeness (QED) is 0.317. The smallest absolute Gasteiger partial charge is 0.224 e. The van der Waals surface area contributed by atoms with Crippen molar-refractivity contribution >= 4 is 5.91 Å². The molecular formula is C24H37NO7. The highest BCUT2D eigenvalue weighted by Gasteiger charge is 2.55. The molecule has 1 aromatic rings. The molecule has 3 rings (SSSR count). The number of carbonyl (C=O) groups excluding carboxylic acids is 1. The van der Waals surface area contributed by atoms with E-state index in [-0.39, 0.29) is 19.4 Å². The molecule has 8 nitrogen and oxygen atoms in total. The van der Waals surface area contributed by atoms with Gasteiger partial charge < -0.3 is 34.8 Å². The van der Waals surface area contributed by atoms with Crippen LogP contribution in [0.25, 0.3) is 0 Å². The molecule has 0 radical (unpaired) electrons. The fourth-order valence-corrected chi connectivity index (χ4v) is 4.37. The molecule has 4 N–H and O–H groups in total. The third-order valence-electron chi connectivity index (χ3n) is 6.00. The minimum Gasteiger partial charge on any atom is -0.393 e. The third kappa shape index (κ3) is 7.23. The van der Waals surface area contributed by atoms with Crippen LogP contribution in [0, 0.1) is 0 Å². The number of aliphatic hydroxyl groups excluding tert-OH is 2. The molecule has 2 heterocycles. The number of hydrogen-bond acceptors (Lipinski definition) is 7. The summed E-state index contributed by atoms with van der Waals surface area (Å²) in [5, 5.41) is 33.9. The first-order valence-corrected chi connectivity index (χ1v) is 11.6. The topological polar surface area (TPSA) is 117 Å². The number of rotatable bonds is 10. The van der Waals surface area contributed by atoms with Gasteiger partial charge in [0.15, 0.2) is 17.8 Å². The number of aryl methyl sites for hydroxylation is 1. The summed E-state index contributed by atoms with van der Waals surface area (Å²) in [5.41, 5.74) is -0.475. The van der Waals surface area contributed by atoms with Crippen LogP contribution in [0.3, 0.4) is 0 Å². The van der Waals surface area contributed by atoms with Crippen LogP contribution in [0.15, 0.2) is 30.3 Å². The van der Waals surface area contributed by atoms with Crippen LogP contribution >= 0.6 is 0 Å². The van der Waals surface area contributed by atoms with Crippen molar-refractivity contribution in [3.8, 4) is 0 Å². The lowest BCUT2D eigenvalue weighted by Crippen LogP contribution is -2.70. The molecule has 0 aliphatic carbocycles. The molecule has 0 aromatic heterocycles. The maximum Gasteiger partial charge on any atom is 0.224 e. The second-order valence-corrected chi connectivity index (χ2v) is 9.35. The van der Waals surface area contributed by atoms with Crippen LogP contribution in [0.2, 0.25) is 0 Å². The van der Waals surface area contributed by atoms with Gasteiger partial charge in [-0.15, -0.1) is 0 Å². The van der Waals surface area contributed by atoms with E-state index in [9.17, 15) is 20.1 Å². The third-order valence-corrected chi connectivity index (χ3v) is 6.00. The highest BCUT2D eigenvalue weighted by atomic mass is 16.7. The molecule has 1 amide bonds. The van der Waals surface area contributed by atoms with Gasteiger partial charge >= 0.3 is 0 Å². The minimum atomic E-state index is -1.81. The van der Waals surface area contributed by atoms with Crippen LogP contribution in [-0.4, -0.2) is 63.9 Å². The van der Waals surface area contributed by atoms with Gasteiger partial charge in [-0.25, -0.2) is 0 Å². The molecular weight excluding hydrogens is 414 g/mol. The Bertz CT molecular complexity index is 728. The van der Waals surface area contributed by atoms with Gasteiger partial charge in [-0.05, 0) is 38.7 Å². The van der Waals surface area contributed by atoms with E-state index in [1.165, 1.54) is 5.56 Å². The molecule has 0 bridgehead atoms. The second-order valence-electron chi connectivity index (χ2n) is 9.35. The van der Waals surface area contributed by atoms with E-state index in [4.69, 9.17) is 14.2 Å². The van der Waals surface area contributed by atoms with Crippen LogP contribution in [0.4, 0.5) is 0 Å². The summed E-state index contributed by atoms with van der Waals surface area (Å²) in [4.78, 5) is 12.5. The zero-order chi connectivity index (χ0) is 23.2. The van der Waals surface area contributed by atoms with Crippen molar-refractivity contribution in [3.05, 3.63) is 35.9 Å². The number of nitrogens with one attached hydrogen (secondary N) is 1. The molecule has 2 fully saturated rings. The Morgan fingerprint density at radius 2 is 1.91 bits per heavy atom. The lowest BCUT2D eigenvalue weighted by Gasteiger charge is -2.51. The monoisotopic (exact) mass is 451 g/mol. The summed E-state index contributed by atoms with van der Waals surface area (Å²) < 4.78 is 16.7. The van der Waals surface area contributed by atoms with Crippen LogP contribution < -0.4 is 5.32 Å². The van der Waals surface area contributed by atoms with Gasteiger partial charge in [0.25, 0.3) is 0 Å². The van der Waals surface area contributed by atoms with E-state index >= 15 is 0 Å². The zero-order valence-electron chi connectivity index (χ0n) is 19.0. The molecule has 180 valence electrons. The average Bonchev–Trinajstić information content (AvgIpc) is 2.71. The molecule has 2 aliphatic heterocycles. The lowest BCUT2D eigenvalue weighted by atomic mass is 9.92. The summed E-state index contributed by atoms with van der Waals surface area (Å²) >= 11 is 0. The standard InChI is InChI=1S/C24H37NO7/c1-23(2)30-16-19-22(32-23)24(29,15-21(28)31-19)25-20(27)14-18(26)13-9-4-3-6-10-17-11-7-5-8-12-17/h5,7-8,11-12,18-19,21-22,26,28-29H,3-4,6,9-10,13-16H2,1-2H3,(H,25,27)/t18-,19-,21-,22-,24-/m1/s1. The van der Waals surface area contributed by atoms with Crippen molar-refractivity contribution in [3.63, 3.8) is 0 Å². The SMILES string of the molecule is CC1(C)OC[C@H]2O[C@@H](O)C[C@](O)(NC(=O)C[C@H](O)CCCCCCc3ccccc3)[C@@H]2O1. The predicted molar refractivity (Wildman–Crippen MR) is 117 cm³/mol. The van der Waals surface area contributed by atoms with Gasteiger partial charge in [-0.1, -0.05) is 49.6 Å². The number of hydrogen-bond donors (Lipinski definition) is 4. The first-order valence-electron chi connectivity index (χ1n) is 11.6. The summed E-state index contributed by atoms with van der Waals surface area (Å²) in [6.07, 6.45) is 1.57.